The van der Waals surface area contributed by atoms with Crippen LogP contribution in [-0.2, 0) is 26.5 Å². The maximum absolute atomic E-state index is 6.70. The third-order valence-corrected chi connectivity index (χ3v) is 9.89. The Bertz CT molecular complexity index is 2420. The molecule has 52 heavy (non-hydrogen) atoms. The van der Waals surface area contributed by atoms with Crippen LogP contribution in [0.3, 0.4) is 0 Å². The van der Waals surface area contributed by atoms with Crippen molar-refractivity contribution in [3.05, 3.63) is 130 Å². The number of aryl methyl sites for hydroxylation is 4. The second kappa shape index (κ2) is 14.2. The molecule has 5 nitrogen and oxygen atoms in total. The first-order valence-corrected chi connectivity index (χ1v) is 18.1. The van der Waals surface area contributed by atoms with Gasteiger partial charge in [0.15, 0.2) is 0 Å². The molecule has 7 aromatic rings. The Hall–Kier alpha value is -4.47. The Morgan fingerprint density at radius 1 is 0.712 bits per heavy atom. The van der Waals surface area contributed by atoms with Crippen LogP contribution >= 0.6 is 0 Å². The molecular weight excluding hydrogens is 820 g/mol. The van der Waals surface area contributed by atoms with E-state index in [4.69, 9.17) is 14.8 Å². The second-order valence-corrected chi connectivity index (χ2v) is 15.7. The predicted octanol–water partition coefficient (Wildman–Crippen LogP) is 12.2. The first kappa shape index (κ1) is 37.3. The van der Waals surface area contributed by atoms with Crippen molar-refractivity contribution in [1.82, 2.24) is 19.3 Å². The van der Waals surface area contributed by atoms with Crippen LogP contribution in [-0.4, -0.2) is 19.3 Å². The molecule has 3 aromatic heterocycles. The third kappa shape index (κ3) is 6.76. The molecule has 0 bridgehead atoms. The van der Waals surface area contributed by atoms with Gasteiger partial charge in [-0.2, -0.15) is 11.2 Å². The van der Waals surface area contributed by atoms with Crippen LogP contribution in [0.1, 0.15) is 99.5 Å². The predicted molar refractivity (Wildman–Crippen MR) is 211 cm³/mol. The fourth-order valence-corrected chi connectivity index (χ4v) is 7.53. The Morgan fingerprint density at radius 3 is 2.08 bits per heavy atom. The maximum Gasteiger partial charge on any atom is 2.00 e. The van der Waals surface area contributed by atoms with E-state index in [1.807, 2.05) is 12.3 Å². The van der Waals surface area contributed by atoms with Gasteiger partial charge in [-0.3, -0.25) is 4.68 Å². The van der Waals surface area contributed by atoms with Crippen molar-refractivity contribution in [1.29, 1.82) is 0 Å². The number of hydrogen-bond donors (Lipinski definition) is 0. The van der Waals surface area contributed by atoms with Gasteiger partial charge < -0.3 is 9.30 Å². The zero-order chi connectivity index (χ0) is 36.4. The van der Waals surface area contributed by atoms with Gasteiger partial charge in [-0.15, -0.1) is 41.3 Å². The van der Waals surface area contributed by atoms with Crippen LogP contribution in [0.15, 0.2) is 79.0 Å². The summed E-state index contributed by atoms with van der Waals surface area (Å²) in [6, 6.07) is 33.0. The van der Waals surface area contributed by atoms with Gasteiger partial charge in [0.05, 0.1) is 11.4 Å². The van der Waals surface area contributed by atoms with E-state index in [1.165, 1.54) is 33.4 Å². The molecule has 4 aromatic carbocycles. The van der Waals surface area contributed by atoms with Gasteiger partial charge in [-0.05, 0) is 91.1 Å². The molecule has 6 heteroatoms. The van der Waals surface area contributed by atoms with Crippen molar-refractivity contribution in [3.8, 4) is 34.1 Å². The summed E-state index contributed by atoms with van der Waals surface area (Å²) in [4.78, 5) is 4.81. The fraction of sp³-hybridized carbons (Fsp3) is 0.304. The number of rotatable bonds is 7. The van der Waals surface area contributed by atoms with E-state index in [9.17, 15) is 0 Å². The van der Waals surface area contributed by atoms with Gasteiger partial charge in [0, 0.05) is 34.2 Å². The smallest absolute Gasteiger partial charge is 0.509 e. The van der Waals surface area contributed by atoms with Crippen molar-refractivity contribution in [2.45, 2.75) is 93.4 Å². The Labute approximate surface area is 323 Å². The molecular formula is C46H48N4OPt. The van der Waals surface area contributed by atoms with Crippen LogP contribution in [0.25, 0.3) is 44.4 Å². The molecule has 0 spiro atoms. The molecule has 0 saturated carbocycles. The van der Waals surface area contributed by atoms with Crippen molar-refractivity contribution < 1.29 is 25.8 Å². The first-order chi connectivity index (χ1) is 24.2. The summed E-state index contributed by atoms with van der Waals surface area (Å²) < 4.78 is 11.0. The molecule has 0 amide bonds. The van der Waals surface area contributed by atoms with Gasteiger partial charge in [-0.25, -0.2) is 4.98 Å². The molecule has 7 rings (SSSR count). The number of aromatic nitrogens is 4. The summed E-state index contributed by atoms with van der Waals surface area (Å²) in [7, 11) is 0. The third-order valence-electron chi connectivity index (χ3n) is 9.89. The van der Waals surface area contributed by atoms with Crippen LogP contribution in [0.4, 0.5) is 0 Å². The number of benzene rings is 4. The summed E-state index contributed by atoms with van der Waals surface area (Å²) in [5, 5.41) is 7.48. The monoisotopic (exact) mass is 867 g/mol. The van der Waals surface area contributed by atoms with Gasteiger partial charge in [0.2, 0.25) is 0 Å². The van der Waals surface area contributed by atoms with E-state index in [1.54, 1.807) is 0 Å². The summed E-state index contributed by atoms with van der Waals surface area (Å²) in [5.74, 6) is 2.78. The largest absolute Gasteiger partial charge is 2.00 e. The topological polar surface area (TPSA) is 44.9 Å². The van der Waals surface area contributed by atoms with E-state index in [-0.39, 0.29) is 32.4 Å². The average molecular weight is 868 g/mol. The molecule has 0 aliphatic carbocycles. The zero-order valence-electron chi connectivity index (χ0n) is 32.2. The molecule has 0 N–H and O–H groups in total. The normalized spacial score (nSPS) is 11.9. The van der Waals surface area contributed by atoms with Gasteiger partial charge in [-0.1, -0.05) is 89.9 Å². The van der Waals surface area contributed by atoms with Crippen LogP contribution in [0, 0.1) is 39.8 Å². The van der Waals surface area contributed by atoms with Crippen LogP contribution in [0.5, 0.6) is 11.5 Å². The zero-order valence-corrected chi connectivity index (χ0v) is 34.4. The standard InChI is InChI=1S/C46H48N4O.Pt/c1-27(2)33-18-19-47-42(24-33)49-40-15-13-12-14-38(40)39-17-16-36(26-41(39)49)51-37-23-34(28(3)4)22-35(25-37)50-45(46(9,10)11)44(32(8)48-50)43-30(6)20-29(5)21-31(43)7;/h12-24,27-28H,1-11H3;/q-2;+2. The molecule has 3 heterocycles. The van der Waals surface area contributed by atoms with Crippen LogP contribution < -0.4 is 4.74 Å². The van der Waals surface area contributed by atoms with E-state index < -0.39 is 0 Å². The van der Waals surface area contributed by atoms with E-state index >= 15 is 0 Å². The number of nitrogens with zero attached hydrogens (tertiary/aromatic N) is 4. The summed E-state index contributed by atoms with van der Waals surface area (Å²) in [6.45, 7) is 24.3. The number of hydrogen-bond acceptors (Lipinski definition) is 3. The number of pyridine rings is 1. The minimum atomic E-state index is -0.198. The molecule has 0 radical (unpaired) electrons. The van der Waals surface area contributed by atoms with Crippen LogP contribution in [0.2, 0.25) is 0 Å². The molecule has 268 valence electrons. The summed E-state index contributed by atoms with van der Waals surface area (Å²) in [5.41, 5.74) is 13.5. The van der Waals surface area contributed by atoms with Gasteiger partial charge in [0.25, 0.3) is 0 Å². The average Bonchev–Trinajstić information content (AvgIpc) is 3.59. The SMILES string of the molecule is Cc1cc(C)c(-c2c(C)nn(-c3[c-]c(Oc4[c-]c5c(cc4)c4ccccc4n5-c4cc(C(C)C)ccn4)cc(C(C)C)c3)c2C(C)(C)C)c(C)c1.[Pt+2]. The van der Waals surface area contributed by atoms with Gasteiger partial charge in [0.1, 0.15) is 5.82 Å². The molecule has 0 saturated heterocycles. The number of ether oxygens (including phenoxy) is 1. The van der Waals surface area contributed by atoms with E-state index in [0.29, 0.717) is 17.4 Å². The fourth-order valence-electron chi connectivity index (χ4n) is 7.53. The molecule has 0 aliphatic rings. The number of fused-ring (bicyclic) bond motifs is 3. The minimum absolute atomic E-state index is 0. The Kier molecular flexibility index (Phi) is 10.2. The van der Waals surface area contributed by atoms with E-state index in [2.05, 4.69) is 164 Å². The quantitative estimate of drug-likeness (QED) is 0.150. The molecule has 0 fully saturated rings. The number of para-hydroxylation sites is 1. The summed E-state index contributed by atoms with van der Waals surface area (Å²) in [6.07, 6.45) is 1.90. The first-order valence-electron chi connectivity index (χ1n) is 18.1. The molecule has 0 atom stereocenters. The molecule has 0 aliphatic heterocycles. The summed E-state index contributed by atoms with van der Waals surface area (Å²) >= 11 is 0. The van der Waals surface area contributed by atoms with Crippen molar-refractivity contribution in [2.24, 2.45) is 0 Å². The second-order valence-electron chi connectivity index (χ2n) is 15.7. The Balaban J connectivity index is 0.00000464. The minimum Gasteiger partial charge on any atom is -0.509 e. The van der Waals surface area contributed by atoms with E-state index in [0.717, 1.165) is 50.3 Å². The van der Waals surface area contributed by atoms with Crippen molar-refractivity contribution in [3.63, 3.8) is 0 Å². The molecule has 0 unspecified atom stereocenters. The Morgan fingerprint density at radius 2 is 1.40 bits per heavy atom. The van der Waals surface area contributed by atoms with Gasteiger partial charge >= 0.3 is 21.1 Å². The maximum atomic E-state index is 6.70. The van der Waals surface area contributed by atoms with Crippen molar-refractivity contribution >= 4 is 21.8 Å². The van der Waals surface area contributed by atoms with Crippen molar-refractivity contribution in [2.75, 3.05) is 0 Å².